The summed E-state index contributed by atoms with van der Waals surface area (Å²) in [5.74, 6) is 2.10. The summed E-state index contributed by atoms with van der Waals surface area (Å²) in [6.07, 6.45) is 0. The molecular weight excluding hydrogens is 358 g/mol. The van der Waals surface area contributed by atoms with E-state index in [1.54, 1.807) is 33.5 Å². The fraction of sp³-hybridized carbons (Fsp3) is 0.381. The quantitative estimate of drug-likeness (QED) is 0.745. The molecule has 1 heterocycles. The van der Waals surface area contributed by atoms with Crippen molar-refractivity contribution in [3.63, 3.8) is 0 Å². The molecule has 0 spiro atoms. The normalized spacial score (nSPS) is 14.5. The molecule has 0 aromatic heterocycles. The molecule has 0 aliphatic carbocycles. The molecule has 0 unspecified atom stereocenters. The number of carbonyl (C=O) groups excluding carboxylic acids is 1. The van der Waals surface area contributed by atoms with Gasteiger partial charge in [-0.05, 0) is 24.3 Å². The number of hydrogen-bond acceptors (Lipinski definition) is 5. The monoisotopic (exact) mass is 386 g/mol. The van der Waals surface area contributed by atoms with Crippen LogP contribution in [0.2, 0.25) is 0 Å². The number of hydrogen-bond donors (Lipinski definition) is 2. The highest BCUT2D eigenvalue weighted by atomic mass is 16.5. The number of carbonyl (C=O) groups is 1. The van der Waals surface area contributed by atoms with Crippen molar-refractivity contribution in [1.29, 1.82) is 0 Å². The SMILES string of the molecule is COc1cccc(N2CC[NH+](CC(=O)Nc3ccc(OC)c(OC)c3)CC2)c1. The molecule has 1 fully saturated rings. The molecule has 28 heavy (non-hydrogen) atoms. The number of rotatable bonds is 7. The highest BCUT2D eigenvalue weighted by Gasteiger charge is 2.22. The average Bonchev–Trinajstić information content (AvgIpc) is 2.74. The van der Waals surface area contributed by atoms with Gasteiger partial charge in [-0.2, -0.15) is 0 Å². The number of methoxy groups -OCH3 is 3. The fourth-order valence-corrected chi connectivity index (χ4v) is 3.41. The van der Waals surface area contributed by atoms with Crippen LogP contribution in [0.3, 0.4) is 0 Å². The first-order chi connectivity index (χ1) is 13.6. The summed E-state index contributed by atoms with van der Waals surface area (Å²) in [4.78, 5) is 16.0. The maximum Gasteiger partial charge on any atom is 0.279 e. The molecule has 2 aromatic carbocycles. The van der Waals surface area contributed by atoms with Gasteiger partial charge >= 0.3 is 0 Å². The van der Waals surface area contributed by atoms with Gasteiger partial charge in [0.1, 0.15) is 5.75 Å². The number of ether oxygens (including phenoxy) is 3. The van der Waals surface area contributed by atoms with Crippen LogP contribution in [0.5, 0.6) is 17.2 Å². The van der Waals surface area contributed by atoms with Crippen LogP contribution >= 0.6 is 0 Å². The van der Waals surface area contributed by atoms with Gasteiger partial charge in [-0.1, -0.05) is 6.07 Å². The van der Waals surface area contributed by atoms with E-state index in [1.807, 2.05) is 18.2 Å². The third kappa shape index (κ3) is 4.86. The Morgan fingerprint density at radius 3 is 2.43 bits per heavy atom. The summed E-state index contributed by atoms with van der Waals surface area (Å²) in [6, 6.07) is 13.5. The topological polar surface area (TPSA) is 64.5 Å². The lowest BCUT2D eigenvalue weighted by Crippen LogP contribution is -3.15. The van der Waals surface area contributed by atoms with E-state index < -0.39 is 0 Å². The molecule has 0 saturated carbocycles. The largest absolute Gasteiger partial charge is 0.497 e. The number of benzene rings is 2. The van der Waals surface area contributed by atoms with E-state index in [4.69, 9.17) is 14.2 Å². The molecular formula is C21H28N3O4+. The van der Waals surface area contributed by atoms with Gasteiger partial charge in [0.15, 0.2) is 18.0 Å². The average molecular weight is 386 g/mol. The number of nitrogens with one attached hydrogen (secondary N) is 2. The first kappa shape index (κ1) is 19.8. The van der Waals surface area contributed by atoms with Gasteiger partial charge < -0.3 is 29.3 Å². The molecule has 0 bridgehead atoms. The zero-order chi connectivity index (χ0) is 19.9. The Balaban J connectivity index is 1.51. The second-order valence-electron chi connectivity index (χ2n) is 6.73. The summed E-state index contributed by atoms with van der Waals surface area (Å²) in [6.45, 7) is 4.09. The van der Waals surface area contributed by atoms with Crippen molar-refractivity contribution in [3.8, 4) is 17.2 Å². The predicted octanol–water partition coefficient (Wildman–Crippen LogP) is 1.06. The zero-order valence-electron chi connectivity index (χ0n) is 16.7. The second-order valence-corrected chi connectivity index (χ2v) is 6.73. The lowest BCUT2D eigenvalue weighted by atomic mass is 10.2. The molecule has 150 valence electrons. The van der Waals surface area contributed by atoms with Crippen molar-refractivity contribution < 1.29 is 23.9 Å². The Kier molecular flexibility index (Phi) is 6.60. The van der Waals surface area contributed by atoms with Gasteiger partial charge in [-0.3, -0.25) is 4.79 Å². The molecule has 1 amide bonds. The van der Waals surface area contributed by atoms with Crippen LogP contribution in [-0.2, 0) is 4.79 Å². The smallest absolute Gasteiger partial charge is 0.279 e. The van der Waals surface area contributed by atoms with Crippen molar-refractivity contribution in [3.05, 3.63) is 42.5 Å². The molecule has 1 aliphatic heterocycles. The Bertz CT molecular complexity index is 804. The Labute approximate surface area is 165 Å². The number of piperazine rings is 1. The van der Waals surface area contributed by atoms with E-state index in [-0.39, 0.29) is 5.91 Å². The predicted molar refractivity (Wildman–Crippen MR) is 109 cm³/mol. The lowest BCUT2D eigenvalue weighted by molar-refractivity contribution is -0.892. The molecule has 3 rings (SSSR count). The van der Waals surface area contributed by atoms with E-state index in [2.05, 4.69) is 22.3 Å². The maximum atomic E-state index is 12.4. The zero-order valence-corrected chi connectivity index (χ0v) is 16.7. The van der Waals surface area contributed by atoms with E-state index in [9.17, 15) is 4.79 Å². The minimum absolute atomic E-state index is 0.00273. The third-order valence-electron chi connectivity index (χ3n) is 4.97. The first-order valence-electron chi connectivity index (χ1n) is 9.37. The molecule has 2 aromatic rings. The summed E-state index contributed by atoms with van der Waals surface area (Å²) in [7, 11) is 4.85. The lowest BCUT2D eigenvalue weighted by Gasteiger charge is -2.33. The second kappa shape index (κ2) is 9.32. The molecule has 1 saturated heterocycles. The van der Waals surface area contributed by atoms with Crippen LogP contribution in [-0.4, -0.2) is 60.0 Å². The Hall–Kier alpha value is -2.93. The minimum Gasteiger partial charge on any atom is -0.497 e. The summed E-state index contributed by atoms with van der Waals surface area (Å²) in [5, 5.41) is 2.95. The number of nitrogens with zero attached hydrogens (tertiary/aromatic N) is 1. The van der Waals surface area contributed by atoms with Crippen LogP contribution in [0, 0.1) is 0 Å². The molecule has 7 nitrogen and oxygen atoms in total. The summed E-state index contributed by atoms with van der Waals surface area (Å²) >= 11 is 0. The number of quaternary nitrogens is 1. The van der Waals surface area contributed by atoms with Crippen molar-refractivity contribution in [2.45, 2.75) is 0 Å². The van der Waals surface area contributed by atoms with Crippen molar-refractivity contribution in [1.82, 2.24) is 0 Å². The fourth-order valence-electron chi connectivity index (χ4n) is 3.41. The van der Waals surface area contributed by atoms with Crippen molar-refractivity contribution >= 4 is 17.3 Å². The molecule has 7 heteroatoms. The number of amides is 1. The van der Waals surface area contributed by atoms with Crippen LogP contribution in [0.4, 0.5) is 11.4 Å². The van der Waals surface area contributed by atoms with Crippen LogP contribution in [0.25, 0.3) is 0 Å². The van der Waals surface area contributed by atoms with Gasteiger partial charge in [0.2, 0.25) is 0 Å². The summed E-state index contributed by atoms with van der Waals surface area (Å²) < 4.78 is 15.8. The van der Waals surface area contributed by atoms with Gasteiger partial charge in [-0.25, -0.2) is 0 Å². The van der Waals surface area contributed by atoms with E-state index in [0.29, 0.717) is 23.7 Å². The highest BCUT2D eigenvalue weighted by molar-refractivity contribution is 5.91. The third-order valence-corrected chi connectivity index (χ3v) is 4.97. The molecule has 1 aliphatic rings. The maximum absolute atomic E-state index is 12.4. The summed E-state index contributed by atoms with van der Waals surface area (Å²) in [5.41, 5.74) is 1.87. The molecule has 0 atom stereocenters. The van der Waals surface area contributed by atoms with Crippen LogP contribution in [0.15, 0.2) is 42.5 Å². The highest BCUT2D eigenvalue weighted by Crippen LogP contribution is 2.29. The number of anilines is 2. The Morgan fingerprint density at radius 1 is 1.00 bits per heavy atom. The van der Waals surface area contributed by atoms with Crippen LogP contribution < -0.4 is 29.3 Å². The van der Waals surface area contributed by atoms with E-state index in [0.717, 1.165) is 37.6 Å². The molecule has 2 N–H and O–H groups in total. The minimum atomic E-state index is -0.00273. The van der Waals surface area contributed by atoms with Crippen molar-refractivity contribution in [2.24, 2.45) is 0 Å². The van der Waals surface area contributed by atoms with Gasteiger partial charge in [0.25, 0.3) is 5.91 Å². The first-order valence-corrected chi connectivity index (χ1v) is 9.37. The van der Waals surface area contributed by atoms with E-state index >= 15 is 0 Å². The van der Waals surface area contributed by atoms with Gasteiger partial charge in [0, 0.05) is 23.5 Å². The van der Waals surface area contributed by atoms with Gasteiger partial charge in [-0.15, -0.1) is 0 Å². The van der Waals surface area contributed by atoms with Crippen molar-refractivity contribution in [2.75, 3.05) is 64.3 Å². The van der Waals surface area contributed by atoms with Gasteiger partial charge in [0.05, 0.1) is 47.5 Å². The molecule has 0 radical (unpaired) electrons. The standard InChI is InChI=1S/C21H27N3O4/c1-26-18-6-4-5-17(14-18)24-11-9-23(10-12-24)15-21(25)22-16-7-8-19(27-2)20(13-16)28-3/h4-8,13-14H,9-12,15H2,1-3H3,(H,22,25)/p+1. The van der Waals surface area contributed by atoms with E-state index in [1.165, 1.54) is 4.90 Å². The Morgan fingerprint density at radius 2 is 1.75 bits per heavy atom. The van der Waals surface area contributed by atoms with Crippen LogP contribution in [0.1, 0.15) is 0 Å².